The van der Waals surface area contributed by atoms with Gasteiger partial charge >= 0.3 is 0 Å². The van der Waals surface area contributed by atoms with Crippen LogP contribution in [0.25, 0.3) is 11.2 Å². The molecule has 0 spiro atoms. The van der Waals surface area contributed by atoms with Gasteiger partial charge in [-0.05, 0) is 6.92 Å². The Morgan fingerprint density at radius 2 is 2.58 bits per heavy atom. The first-order chi connectivity index (χ1) is 5.79. The molecule has 0 saturated carbocycles. The van der Waals surface area contributed by atoms with E-state index in [1.165, 1.54) is 0 Å². The van der Waals surface area contributed by atoms with Crippen molar-refractivity contribution in [2.45, 2.75) is 6.92 Å². The Morgan fingerprint density at radius 3 is 3.25 bits per heavy atom. The van der Waals surface area contributed by atoms with Crippen LogP contribution in [-0.2, 0) is 0 Å². The second kappa shape index (κ2) is 2.44. The zero-order chi connectivity index (χ0) is 8.55. The van der Waals surface area contributed by atoms with Crippen LogP contribution < -0.4 is 11.1 Å². The number of nitrogen functional groups attached to an aromatic ring is 1. The van der Waals surface area contributed by atoms with E-state index in [-0.39, 0.29) is 0 Å². The van der Waals surface area contributed by atoms with Gasteiger partial charge in [-0.2, -0.15) is 4.98 Å². The Bertz CT molecular complexity index is 357. The molecule has 12 heavy (non-hydrogen) atoms. The van der Waals surface area contributed by atoms with E-state index in [0.717, 1.165) is 12.1 Å². The van der Waals surface area contributed by atoms with E-state index in [2.05, 4.69) is 15.3 Å². The molecule has 5 heteroatoms. The normalized spacial score (nSPS) is 10.8. The van der Waals surface area contributed by atoms with E-state index in [0.29, 0.717) is 17.5 Å². The summed E-state index contributed by atoms with van der Waals surface area (Å²) in [6.45, 7) is 2.82. The van der Waals surface area contributed by atoms with Crippen molar-refractivity contribution in [3.63, 3.8) is 0 Å². The van der Waals surface area contributed by atoms with Crippen molar-refractivity contribution in [3.8, 4) is 0 Å². The van der Waals surface area contributed by atoms with E-state index in [4.69, 9.17) is 10.2 Å². The van der Waals surface area contributed by atoms with Gasteiger partial charge in [-0.1, -0.05) is 0 Å². The summed E-state index contributed by atoms with van der Waals surface area (Å²) in [5, 5.41) is 3.04. The van der Waals surface area contributed by atoms with Crippen LogP contribution in [0.5, 0.6) is 0 Å². The van der Waals surface area contributed by atoms with Crippen LogP contribution in [0.15, 0.2) is 10.5 Å². The third-order valence-electron chi connectivity index (χ3n) is 1.55. The van der Waals surface area contributed by atoms with Crippen LogP contribution in [0.3, 0.4) is 0 Å². The van der Waals surface area contributed by atoms with Gasteiger partial charge in [0.05, 0.1) is 0 Å². The van der Waals surface area contributed by atoms with Crippen LogP contribution in [-0.4, -0.2) is 16.5 Å². The van der Waals surface area contributed by atoms with Gasteiger partial charge in [0, 0.05) is 12.6 Å². The highest BCUT2D eigenvalue weighted by atomic mass is 16.4. The van der Waals surface area contributed by atoms with Crippen LogP contribution in [0.1, 0.15) is 6.92 Å². The number of aromatic amines is 1. The fourth-order valence-corrected chi connectivity index (χ4v) is 1.09. The van der Waals surface area contributed by atoms with Crippen molar-refractivity contribution in [2.24, 2.45) is 0 Å². The molecule has 0 aliphatic rings. The van der Waals surface area contributed by atoms with Crippen molar-refractivity contribution in [2.75, 3.05) is 17.6 Å². The Labute approximate surface area is 69.0 Å². The van der Waals surface area contributed by atoms with Crippen molar-refractivity contribution in [1.29, 1.82) is 0 Å². The molecule has 0 aliphatic carbocycles. The van der Waals surface area contributed by atoms with E-state index in [1.54, 1.807) is 0 Å². The first-order valence-electron chi connectivity index (χ1n) is 3.78. The summed E-state index contributed by atoms with van der Waals surface area (Å²) in [5.41, 5.74) is 6.78. The predicted octanol–water partition coefficient (Wildman–Crippen LogP) is 1.17. The molecule has 0 atom stereocenters. The molecule has 0 unspecified atom stereocenters. The van der Waals surface area contributed by atoms with Crippen molar-refractivity contribution in [1.82, 2.24) is 9.97 Å². The van der Waals surface area contributed by atoms with Gasteiger partial charge in [-0.15, -0.1) is 0 Å². The molecule has 0 bridgehead atoms. The molecule has 0 saturated heterocycles. The maximum atomic E-state index is 5.41. The topological polar surface area (TPSA) is 79.9 Å². The highest BCUT2D eigenvalue weighted by molar-refractivity contribution is 5.75. The van der Waals surface area contributed by atoms with Gasteiger partial charge in [-0.3, -0.25) is 0 Å². The fourth-order valence-electron chi connectivity index (χ4n) is 1.09. The first kappa shape index (κ1) is 7.02. The molecule has 64 valence electrons. The summed E-state index contributed by atoms with van der Waals surface area (Å²) in [5.74, 6) is 1.10. The molecule has 0 aromatic carbocycles. The molecule has 2 rings (SSSR count). The lowest BCUT2D eigenvalue weighted by Crippen LogP contribution is -1.93. The lowest BCUT2D eigenvalue weighted by atomic mass is 10.5. The van der Waals surface area contributed by atoms with Crippen molar-refractivity contribution >= 4 is 23.1 Å². The highest BCUT2D eigenvalue weighted by Crippen LogP contribution is 2.20. The fraction of sp³-hybridized carbons (Fsp3) is 0.286. The van der Waals surface area contributed by atoms with Crippen LogP contribution in [0.4, 0.5) is 11.8 Å². The van der Waals surface area contributed by atoms with Crippen LogP contribution in [0, 0.1) is 0 Å². The molecule has 0 amide bonds. The Morgan fingerprint density at radius 1 is 1.75 bits per heavy atom. The minimum Gasteiger partial charge on any atom is -0.421 e. The number of nitrogens with one attached hydrogen (secondary N) is 2. The molecule has 0 fully saturated rings. The second-order valence-electron chi connectivity index (χ2n) is 2.48. The number of rotatable bonds is 2. The number of nitrogens with two attached hydrogens (primary N) is 1. The average Bonchev–Trinajstić information content (AvgIpc) is 2.44. The standard InChI is InChI=1S/C7H10N4O/c1-2-9-5-3-4-6(12-5)11-7(8)10-4/h3,9H,2H2,1H3,(H3,8,10,11). The largest absolute Gasteiger partial charge is 0.421 e. The number of H-pyrrole nitrogens is 1. The van der Waals surface area contributed by atoms with Gasteiger partial charge in [0.15, 0.2) is 5.88 Å². The van der Waals surface area contributed by atoms with Crippen molar-refractivity contribution in [3.05, 3.63) is 6.07 Å². The maximum Gasteiger partial charge on any atom is 0.248 e. The predicted molar refractivity (Wildman–Crippen MR) is 46.9 cm³/mol. The van der Waals surface area contributed by atoms with Gasteiger partial charge < -0.3 is 20.5 Å². The minimum absolute atomic E-state index is 0.381. The van der Waals surface area contributed by atoms with E-state index in [9.17, 15) is 0 Å². The first-order valence-corrected chi connectivity index (χ1v) is 3.78. The minimum atomic E-state index is 0.381. The van der Waals surface area contributed by atoms with Gasteiger partial charge in [0.2, 0.25) is 11.7 Å². The lowest BCUT2D eigenvalue weighted by Gasteiger charge is -1.93. The number of imidazole rings is 1. The zero-order valence-corrected chi connectivity index (χ0v) is 6.72. The monoisotopic (exact) mass is 166 g/mol. The van der Waals surface area contributed by atoms with E-state index in [1.807, 2.05) is 13.0 Å². The smallest absolute Gasteiger partial charge is 0.248 e. The molecular weight excluding hydrogens is 156 g/mol. The summed E-state index contributed by atoms with van der Waals surface area (Å²) in [7, 11) is 0. The summed E-state index contributed by atoms with van der Waals surface area (Å²) >= 11 is 0. The molecule has 5 nitrogen and oxygen atoms in total. The summed E-state index contributed by atoms with van der Waals surface area (Å²) in [6.07, 6.45) is 0. The van der Waals surface area contributed by atoms with Gasteiger partial charge in [0.25, 0.3) is 0 Å². The number of nitrogens with zero attached hydrogens (tertiary/aromatic N) is 1. The van der Waals surface area contributed by atoms with Gasteiger partial charge in [0.1, 0.15) is 5.52 Å². The van der Waals surface area contributed by atoms with Crippen LogP contribution in [0.2, 0.25) is 0 Å². The summed E-state index contributed by atoms with van der Waals surface area (Å²) < 4.78 is 5.30. The summed E-state index contributed by atoms with van der Waals surface area (Å²) in [6, 6.07) is 1.84. The Balaban J connectivity index is 2.43. The second-order valence-corrected chi connectivity index (χ2v) is 2.48. The van der Waals surface area contributed by atoms with E-state index >= 15 is 0 Å². The SMILES string of the molecule is CCNc1cc2[nH]c(N)nc2o1. The Kier molecular flexibility index (Phi) is 1.43. The summed E-state index contributed by atoms with van der Waals surface area (Å²) in [4.78, 5) is 6.80. The quantitative estimate of drug-likeness (QED) is 0.625. The molecule has 2 aromatic heterocycles. The van der Waals surface area contributed by atoms with Gasteiger partial charge in [-0.25, -0.2) is 0 Å². The number of hydrogen-bond donors (Lipinski definition) is 3. The number of furan rings is 1. The highest BCUT2D eigenvalue weighted by Gasteiger charge is 2.05. The van der Waals surface area contributed by atoms with Crippen LogP contribution >= 0.6 is 0 Å². The molecule has 0 aliphatic heterocycles. The molecular formula is C7H10N4O. The number of anilines is 2. The third-order valence-corrected chi connectivity index (χ3v) is 1.55. The third kappa shape index (κ3) is 0.990. The number of hydrogen-bond acceptors (Lipinski definition) is 4. The number of aromatic nitrogens is 2. The molecule has 2 aromatic rings. The maximum absolute atomic E-state index is 5.41. The average molecular weight is 166 g/mol. The van der Waals surface area contributed by atoms with Crippen molar-refractivity contribution < 1.29 is 4.42 Å². The zero-order valence-electron chi connectivity index (χ0n) is 6.72. The molecule has 4 N–H and O–H groups in total. The molecule has 2 heterocycles. The molecule has 0 radical (unpaired) electrons. The van der Waals surface area contributed by atoms with E-state index < -0.39 is 0 Å². The number of fused-ring (bicyclic) bond motifs is 1. The Hall–Kier alpha value is -1.65. The lowest BCUT2D eigenvalue weighted by molar-refractivity contribution is 0.617.